The minimum Gasteiger partial charge on any atom is -0.398 e. The molecule has 21 heavy (non-hydrogen) atoms. The molecule has 0 saturated heterocycles. The molecule has 2 rings (SSSR count). The van der Waals surface area contributed by atoms with Crippen LogP contribution in [0.4, 0.5) is 11.4 Å². The number of benzene rings is 2. The summed E-state index contributed by atoms with van der Waals surface area (Å²) in [6, 6.07) is 14.5. The molecule has 0 radical (unpaired) electrons. The lowest BCUT2D eigenvalue weighted by Crippen LogP contribution is -2.10. The van der Waals surface area contributed by atoms with Crippen molar-refractivity contribution in [3.63, 3.8) is 0 Å². The van der Waals surface area contributed by atoms with Crippen molar-refractivity contribution in [2.24, 2.45) is 4.99 Å². The van der Waals surface area contributed by atoms with E-state index in [1.165, 1.54) is 6.21 Å². The summed E-state index contributed by atoms with van der Waals surface area (Å²) in [7, 11) is 0. The van der Waals surface area contributed by atoms with E-state index in [0.717, 1.165) is 5.56 Å². The number of rotatable bonds is 3. The maximum Gasteiger partial charge on any atom is 0.220 e. The van der Waals surface area contributed by atoms with Gasteiger partial charge in [0.25, 0.3) is 0 Å². The number of nitrogens with one attached hydrogen (secondary N) is 3. The third-order valence-electron chi connectivity index (χ3n) is 2.75. The minimum absolute atomic E-state index is 0.0374. The predicted octanol–water partition coefficient (Wildman–Crippen LogP) is 2.99. The maximum atomic E-state index is 7.85. The predicted molar refractivity (Wildman–Crippen MR) is 92.1 cm³/mol. The van der Waals surface area contributed by atoms with Gasteiger partial charge in [-0.3, -0.25) is 5.41 Å². The van der Waals surface area contributed by atoms with Gasteiger partial charge in [0.1, 0.15) is 5.04 Å². The Morgan fingerprint density at radius 1 is 1.19 bits per heavy atom. The Bertz CT molecular complexity index is 694. The fraction of sp³-hybridized carbons (Fsp3) is 0. The Morgan fingerprint density at radius 2 is 1.90 bits per heavy atom. The first-order valence-electron chi connectivity index (χ1n) is 6.19. The van der Waals surface area contributed by atoms with Gasteiger partial charge in [-0.05, 0) is 18.2 Å². The van der Waals surface area contributed by atoms with E-state index in [1.807, 2.05) is 30.3 Å². The molecule has 0 saturated carbocycles. The second-order valence-corrected chi connectivity index (χ2v) is 4.69. The van der Waals surface area contributed by atoms with Gasteiger partial charge in [-0.2, -0.15) is 0 Å². The highest BCUT2D eigenvalue weighted by Gasteiger charge is 2.02. The van der Waals surface area contributed by atoms with Crippen molar-refractivity contribution in [1.82, 2.24) is 0 Å². The maximum absolute atomic E-state index is 7.85. The van der Waals surface area contributed by atoms with Crippen LogP contribution in [0.3, 0.4) is 0 Å². The number of nitrogen functional groups attached to an aromatic ring is 1. The first kappa shape index (κ1) is 14.8. The highest BCUT2D eigenvalue weighted by Crippen LogP contribution is 2.16. The highest BCUT2D eigenvalue weighted by atomic mass is 32.1. The van der Waals surface area contributed by atoms with Crippen LogP contribution in [0.5, 0.6) is 0 Å². The molecule has 2 aromatic rings. The molecule has 0 aliphatic heterocycles. The van der Waals surface area contributed by atoms with Gasteiger partial charge in [-0.25, -0.2) is 4.99 Å². The Hall–Kier alpha value is -2.60. The zero-order valence-electron chi connectivity index (χ0n) is 11.2. The van der Waals surface area contributed by atoms with Crippen molar-refractivity contribution in [2.75, 3.05) is 11.1 Å². The molecule has 106 valence electrons. The molecule has 0 aliphatic rings. The van der Waals surface area contributed by atoms with E-state index in [-0.39, 0.29) is 5.96 Å². The van der Waals surface area contributed by atoms with Crippen LogP contribution < -0.4 is 11.1 Å². The van der Waals surface area contributed by atoms with Gasteiger partial charge in [0, 0.05) is 28.7 Å². The molecule has 0 amide bonds. The van der Waals surface area contributed by atoms with Crippen LogP contribution in [0.25, 0.3) is 0 Å². The quantitative estimate of drug-likeness (QED) is 0.260. The van der Waals surface area contributed by atoms with E-state index in [4.69, 9.17) is 16.6 Å². The molecule has 0 heterocycles. The van der Waals surface area contributed by atoms with Crippen molar-refractivity contribution < 1.29 is 0 Å². The smallest absolute Gasteiger partial charge is 0.220 e. The lowest BCUT2D eigenvalue weighted by molar-refractivity contribution is 1.40. The summed E-state index contributed by atoms with van der Waals surface area (Å²) in [5.41, 5.74) is 8.30. The number of guanidine groups is 1. The largest absolute Gasteiger partial charge is 0.398 e. The first-order chi connectivity index (χ1) is 10.1. The lowest BCUT2D eigenvalue weighted by Gasteiger charge is -2.07. The Labute approximate surface area is 128 Å². The average Bonchev–Trinajstić information content (AvgIpc) is 2.50. The van der Waals surface area contributed by atoms with Gasteiger partial charge in [-0.15, -0.1) is 12.6 Å². The van der Waals surface area contributed by atoms with E-state index in [0.29, 0.717) is 22.0 Å². The summed E-state index contributed by atoms with van der Waals surface area (Å²) in [5, 5.41) is 18.4. The van der Waals surface area contributed by atoms with E-state index in [2.05, 4.69) is 22.9 Å². The molecule has 0 aliphatic carbocycles. The molecule has 0 unspecified atom stereocenters. The zero-order valence-corrected chi connectivity index (χ0v) is 12.1. The first-order valence-corrected chi connectivity index (χ1v) is 6.63. The molecular weight excluding hydrogens is 282 g/mol. The molecular formula is C15H15N5S. The minimum atomic E-state index is -0.0374. The average molecular weight is 297 g/mol. The van der Waals surface area contributed by atoms with E-state index >= 15 is 0 Å². The molecule has 0 aromatic heterocycles. The Balaban J connectivity index is 2.13. The van der Waals surface area contributed by atoms with Crippen LogP contribution in [0, 0.1) is 10.8 Å². The molecule has 6 heteroatoms. The van der Waals surface area contributed by atoms with E-state index in [1.54, 1.807) is 18.2 Å². The summed E-state index contributed by atoms with van der Waals surface area (Å²) < 4.78 is 0. The number of hydrogen-bond donors (Lipinski definition) is 5. The van der Waals surface area contributed by atoms with E-state index in [9.17, 15) is 0 Å². The molecule has 0 bridgehead atoms. The summed E-state index contributed by atoms with van der Waals surface area (Å²) >= 11 is 4.29. The van der Waals surface area contributed by atoms with Crippen LogP contribution in [0.1, 0.15) is 11.1 Å². The number of anilines is 2. The van der Waals surface area contributed by atoms with Gasteiger partial charge >= 0.3 is 0 Å². The lowest BCUT2D eigenvalue weighted by atomic mass is 10.2. The van der Waals surface area contributed by atoms with Crippen LogP contribution in [0.15, 0.2) is 53.5 Å². The van der Waals surface area contributed by atoms with Gasteiger partial charge in [0.15, 0.2) is 0 Å². The van der Waals surface area contributed by atoms with Crippen molar-refractivity contribution in [2.45, 2.75) is 0 Å². The molecule has 5 N–H and O–H groups in total. The Morgan fingerprint density at radius 3 is 2.57 bits per heavy atom. The second kappa shape index (κ2) is 6.71. The van der Waals surface area contributed by atoms with Crippen LogP contribution in [-0.2, 0) is 0 Å². The van der Waals surface area contributed by atoms with Gasteiger partial charge in [0.2, 0.25) is 5.96 Å². The standard InChI is InChI=1S/C15H15N5S/c16-9-11-8-12(6-7-13(11)17)19-15(18)20-14(21)10-4-2-1-3-5-10/h1-9,16H,17H2,(H3,18,19,20,21). The Kier molecular flexibility index (Phi) is 4.73. The number of thiol groups is 1. The van der Waals surface area contributed by atoms with Crippen molar-refractivity contribution >= 4 is 41.2 Å². The molecule has 0 atom stereocenters. The summed E-state index contributed by atoms with van der Waals surface area (Å²) in [5.74, 6) is -0.0374. The third-order valence-corrected chi connectivity index (χ3v) is 3.11. The number of hydrogen-bond acceptors (Lipinski definition) is 3. The highest BCUT2D eigenvalue weighted by molar-refractivity contribution is 7.97. The molecule has 0 fully saturated rings. The fourth-order valence-corrected chi connectivity index (χ4v) is 1.95. The van der Waals surface area contributed by atoms with E-state index < -0.39 is 0 Å². The number of aliphatic imine (C=N–C) groups is 1. The normalized spacial score (nSPS) is 11.0. The number of nitrogens with zero attached hydrogens (tertiary/aromatic N) is 1. The fourth-order valence-electron chi connectivity index (χ4n) is 1.70. The van der Waals surface area contributed by atoms with Gasteiger partial charge < -0.3 is 16.5 Å². The topological polar surface area (TPSA) is 98.1 Å². The second-order valence-electron chi connectivity index (χ2n) is 4.26. The summed E-state index contributed by atoms with van der Waals surface area (Å²) in [6.07, 6.45) is 1.17. The summed E-state index contributed by atoms with van der Waals surface area (Å²) in [6.45, 7) is 0. The van der Waals surface area contributed by atoms with Crippen LogP contribution in [-0.4, -0.2) is 17.2 Å². The SMILES string of the molecule is N=Cc1cc(NC(=N)/N=C(\S)c2ccccc2)ccc1N. The molecule has 2 aromatic carbocycles. The molecule has 0 spiro atoms. The van der Waals surface area contributed by atoms with Crippen molar-refractivity contribution in [1.29, 1.82) is 10.8 Å². The number of nitrogens with two attached hydrogens (primary N) is 1. The third kappa shape index (κ3) is 3.93. The monoisotopic (exact) mass is 297 g/mol. The molecule has 5 nitrogen and oxygen atoms in total. The van der Waals surface area contributed by atoms with Gasteiger partial charge in [0.05, 0.1) is 0 Å². The van der Waals surface area contributed by atoms with Crippen LogP contribution in [0.2, 0.25) is 0 Å². The summed E-state index contributed by atoms with van der Waals surface area (Å²) in [4.78, 5) is 4.09. The van der Waals surface area contributed by atoms with Crippen LogP contribution >= 0.6 is 12.6 Å². The zero-order chi connectivity index (χ0) is 15.2. The van der Waals surface area contributed by atoms with Gasteiger partial charge in [-0.1, -0.05) is 30.3 Å². The van der Waals surface area contributed by atoms with Crippen molar-refractivity contribution in [3.05, 3.63) is 59.7 Å². The van der Waals surface area contributed by atoms with Crippen molar-refractivity contribution in [3.8, 4) is 0 Å².